The van der Waals surface area contributed by atoms with Crippen LogP contribution in [0.5, 0.6) is 0 Å². The minimum Gasteiger partial charge on any atom is -0.469 e. The van der Waals surface area contributed by atoms with Crippen LogP contribution < -0.4 is 0 Å². The topological polar surface area (TPSA) is 50.1 Å². The van der Waals surface area contributed by atoms with Crippen LogP contribution in [-0.2, 0) is 9.53 Å². The van der Waals surface area contributed by atoms with Gasteiger partial charge in [-0.25, -0.2) is 0 Å². The third-order valence-electron chi connectivity index (χ3n) is 3.02. The molecule has 0 N–H and O–H groups in total. The Balaban J connectivity index is 2.24. The van der Waals surface area contributed by atoms with E-state index in [4.69, 9.17) is 10.00 Å². The Morgan fingerprint density at radius 2 is 2.31 bits per heavy atom. The summed E-state index contributed by atoms with van der Waals surface area (Å²) in [6, 6.07) is 7.97. The molecule has 0 amide bonds. The van der Waals surface area contributed by atoms with Crippen molar-refractivity contribution in [1.29, 1.82) is 5.26 Å². The Morgan fingerprint density at radius 1 is 1.56 bits per heavy atom. The zero-order valence-electron chi connectivity index (χ0n) is 9.36. The van der Waals surface area contributed by atoms with E-state index in [0.29, 0.717) is 5.56 Å². The minimum atomic E-state index is -0.172. The molecule has 0 aliphatic heterocycles. The average Bonchev–Trinajstić information content (AvgIpc) is 3.07. The number of carbonyl (C=O) groups excluding carboxylic acids is 1. The fourth-order valence-electron chi connectivity index (χ4n) is 2.04. The van der Waals surface area contributed by atoms with Crippen molar-refractivity contribution < 1.29 is 9.53 Å². The van der Waals surface area contributed by atoms with Gasteiger partial charge in [0.1, 0.15) is 0 Å². The fraction of sp³-hybridized carbons (Fsp3) is 0.385. The molecule has 0 spiro atoms. The first-order chi connectivity index (χ1) is 7.67. The molecule has 2 unspecified atom stereocenters. The van der Waals surface area contributed by atoms with E-state index in [1.54, 1.807) is 0 Å². The lowest BCUT2D eigenvalue weighted by Gasteiger charge is -2.03. The second-order valence-corrected chi connectivity index (χ2v) is 4.17. The van der Waals surface area contributed by atoms with Gasteiger partial charge in [-0.15, -0.1) is 0 Å². The van der Waals surface area contributed by atoms with E-state index >= 15 is 0 Å². The van der Waals surface area contributed by atoms with Gasteiger partial charge in [0.15, 0.2) is 0 Å². The van der Waals surface area contributed by atoms with Crippen LogP contribution >= 0.6 is 0 Å². The number of ether oxygens (including phenoxy) is 1. The first-order valence-corrected chi connectivity index (χ1v) is 5.26. The summed E-state index contributed by atoms with van der Waals surface area (Å²) in [7, 11) is 1.40. The van der Waals surface area contributed by atoms with Crippen molar-refractivity contribution in [2.75, 3.05) is 7.11 Å². The molecule has 1 aromatic carbocycles. The van der Waals surface area contributed by atoms with E-state index in [1.807, 2.05) is 25.1 Å². The van der Waals surface area contributed by atoms with Crippen LogP contribution in [0.1, 0.15) is 29.0 Å². The summed E-state index contributed by atoms with van der Waals surface area (Å²) in [5.74, 6) is -0.0584. The first-order valence-electron chi connectivity index (χ1n) is 5.26. The van der Waals surface area contributed by atoms with Crippen molar-refractivity contribution in [2.24, 2.45) is 5.92 Å². The van der Waals surface area contributed by atoms with E-state index in [1.165, 1.54) is 7.11 Å². The van der Waals surface area contributed by atoms with E-state index < -0.39 is 0 Å². The Kier molecular flexibility index (Phi) is 2.66. The number of carbonyl (C=O) groups is 1. The van der Waals surface area contributed by atoms with E-state index in [-0.39, 0.29) is 17.8 Å². The van der Waals surface area contributed by atoms with Gasteiger partial charge < -0.3 is 4.74 Å². The van der Waals surface area contributed by atoms with Gasteiger partial charge in [-0.1, -0.05) is 12.1 Å². The SMILES string of the molecule is COC(=O)C1CC1c1ccc(C)cc1C#N. The highest BCUT2D eigenvalue weighted by Gasteiger charge is 2.45. The second kappa shape index (κ2) is 3.97. The van der Waals surface area contributed by atoms with Crippen molar-refractivity contribution in [3.05, 3.63) is 34.9 Å². The number of nitrogens with zero attached hydrogens (tertiary/aromatic N) is 1. The summed E-state index contributed by atoms with van der Waals surface area (Å²) in [6.45, 7) is 1.95. The van der Waals surface area contributed by atoms with Gasteiger partial charge in [-0.05, 0) is 36.5 Å². The molecule has 1 fully saturated rings. The highest BCUT2D eigenvalue weighted by Crippen LogP contribution is 2.49. The molecule has 1 aliphatic rings. The number of aryl methyl sites for hydroxylation is 1. The lowest BCUT2D eigenvalue weighted by molar-refractivity contribution is -0.142. The summed E-state index contributed by atoms with van der Waals surface area (Å²) in [4.78, 5) is 11.3. The molecule has 0 radical (unpaired) electrons. The monoisotopic (exact) mass is 215 g/mol. The number of methoxy groups -OCH3 is 1. The van der Waals surface area contributed by atoms with E-state index in [0.717, 1.165) is 17.5 Å². The summed E-state index contributed by atoms with van der Waals surface area (Å²) in [6.07, 6.45) is 0.796. The van der Waals surface area contributed by atoms with Crippen LogP contribution in [0.2, 0.25) is 0 Å². The van der Waals surface area contributed by atoms with Crippen LogP contribution in [0.4, 0.5) is 0 Å². The Morgan fingerprint density at radius 3 is 2.94 bits per heavy atom. The number of esters is 1. The maximum atomic E-state index is 11.3. The molecule has 2 rings (SSSR count). The standard InChI is InChI=1S/C13H13NO2/c1-8-3-4-10(9(5-8)7-14)11-6-12(11)13(15)16-2/h3-5,11-12H,6H2,1-2H3. The predicted molar refractivity (Wildman–Crippen MR) is 58.8 cm³/mol. The molecule has 1 aliphatic carbocycles. The normalized spacial score (nSPS) is 22.3. The molecular weight excluding hydrogens is 202 g/mol. The van der Waals surface area contributed by atoms with Gasteiger partial charge in [0.2, 0.25) is 0 Å². The van der Waals surface area contributed by atoms with E-state index in [2.05, 4.69) is 6.07 Å². The van der Waals surface area contributed by atoms with Gasteiger partial charge in [-0.2, -0.15) is 5.26 Å². The number of benzene rings is 1. The quantitative estimate of drug-likeness (QED) is 0.710. The number of hydrogen-bond acceptors (Lipinski definition) is 3. The van der Waals surface area contributed by atoms with Gasteiger partial charge in [0.05, 0.1) is 24.7 Å². The zero-order chi connectivity index (χ0) is 11.7. The fourth-order valence-corrected chi connectivity index (χ4v) is 2.04. The average molecular weight is 215 g/mol. The third kappa shape index (κ3) is 1.79. The molecule has 82 valence electrons. The third-order valence-corrected chi connectivity index (χ3v) is 3.02. The van der Waals surface area contributed by atoms with Crippen LogP contribution in [0.3, 0.4) is 0 Å². The largest absolute Gasteiger partial charge is 0.469 e. The first kappa shape index (κ1) is 10.7. The number of nitriles is 1. The Hall–Kier alpha value is -1.82. The lowest BCUT2D eigenvalue weighted by atomic mass is 10.0. The van der Waals surface area contributed by atoms with Crippen molar-refractivity contribution in [2.45, 2.75) is 19.3 Å². The molecule has 0 aromatic heterocycles. The van der Waals surface area contributed by atoms with Crippen LogP contribution in [-0.4, -0.2) is 13.1 Å². The summed E-state index contributed by atoms with van der Waals surface area (Å²) in [5, 5.41) is 9.04. The van der Waals surface area contributed by atoms with Crippen molar-refractivity contribution in [1.82, 2.24) is 0 Å². The molecule has 0 bridgehead atoms. The summed E-state index contributed by atoms with van der Waals surface area (Å²) in [5.41, 5.74) is 2.72. The van der Waals surface area contributed by atoms with Crippen LogP contribution in [0.15, 0.2) is 18.2 Å². The second-order valence-electron chi connectivity index (χ2n) is 4.17. The van der Waals surface area contributed by atoms with Gasteiger partial charge >= 0.3 is 5.97 Å². The maximum absolute atomic E-state index is 11.3. The minimum absolute atomic E-state index is 0.0557. The summed E-state index contributed by atoms with van der Waals surface area (Å²) >= 11 is 0. The smallest absolute Gasteiger partial charge is 0.309 e. The molecule has 0 saturated heterocycles. The molecular formula is C13H13NO2. The summed E-state index contributed by atoms with van der Waals surface area (Å²) < 4.78 is 4.70. The number of rotatable bonds is 2. The highest BCUT2D eigenvalue weighted by molar-refractivity contribution is 5.77. The Bertz CT molecular complexity index is 473. The van der Waals surface area contributed by atoms with Crippen LogP contribution in [0, 0.1) is 24.2 Å². The molecule has 3 heteroatoms. The van der Waals surface area contributed by atoms with Crippen molar-refractivity contribution in [3.8, 4) is 6.07 Å². The Labute approximate surface area is 94.6 Å². The van der Waals surface area contributed by atoms with Crippen molar-refractivity contribution >= 4 is 5.97 Å². The molecule has 16 heavy (non-hydrogen) atoms. The molecule has 1 saturated carbocycles. The van der Waals surface area contributed by atoms with E-state index in [9.17, 15) is 4.79 Å². The zero-order valence-corrected chi connectivity index (χ0v) is 9.36. The molecule has 2 atom stereocenters. The predicted octanol–water partition coefficient (Wildman–Crippen LogP) is 2.14. The molecule has 3 nitrogen and oxygen atoms in total. The number of hydrogen-bond donors (Lipinski definition) is 0. The lowest BCUT2D eigenvalue weighted by Crippen LogP contribution is -2.04. The molecule has 1 aromatic rings. The maximum Gasteiger partial charge on any atom is 0.309 e. The van der Waals surface area contributed by atoms with Gasteiger partial charge in [0.25, 0.3) is 0 Å². The molecule has 0 heterocycles. The van der Waals surface area contributed by atoms with Crippen molar-refractivity contribution in [3.63, 3.8) is 0 Å². The highest BCUT2D eigenvalue weighted by atomic mass is 16.5. The van der Waals surface area contributed by atoms with Gasteiger partial charge in [-0.3, -0.25) is 4.79 Å². The van der Waals surface area contributed by atoms with Crippen LogP contribution in [0.25, 0.3) is 0 Å². The van der Waals surface area contributed by atoms with Gasteiger partial charge in [0, 0.05) is 0 Å².